The Labute approximate surface area is 154 Å². The van der Waals surface area contributed by atoms with Gasteiger partial charge in [0.05, 0.1) is 13.0 Å². The normalized spacial score (nSPS) is 16.2. The predicted octanol–water partition coefficient (Wildman–Crippen LogP) is 1.66. The summed E-state index contributed by atoms with van der Waals surface area (Å²) in [7, 11) is 0. The van der Waals surface area contributed by atoms with E-state index in [0.717, 1.165) is 0 Å². The van der Waals surface area contributed by atoms with Crippen LogP contribution in [0.3, 0.4) is 0 Å². The minimum Gasteiger partial charge on any atom is -0.466 e. The summed E-state index contributed by atoms with van der Waals surface area (Å²) in [5, 5.41) is 7.05. The molecule has 11 heteroatoms. The van der Waals surface area contributed by atoms with Gasteiger partial charge in [0.25, 0.3) is 11.9 Å². The highest BCUT2D eigenvalue weighted by atomic mass is 19.3. The number of esters is 1. The molecule has 1 N–H and O–H groups in total. The molecular weight excluding hydrogens is 360 g/mol. The summed E-state index contributed by atoms with van der Waals surface area (Å²) in [5.41, 5.74) is 0. The van der Waals surface area contributed by atoms with Crippen LogP contribution in [0.1, 0.15) is 26.2 Å². The molecule has 0 spiro atoms. The topological polar surface area (TPSA) is 98.1 Å². The molecule has 1 saturated heterocycles. The molecule has 0 amide bonds. The van der Waals surface area contributed by atoms with Crippen molar-refractivity contribution < 1.29 is 18.3 Å². The van der Waals surface area contributed by atoms with Crippen molar-refractivity contribution >= 4 is 17.9 Å². The third-order valence-electron chi connectivity index (χ3n) is 4.02. The number of halogens is 2. The number of nitrogens with one attached hydrogen (secondary N) is 1. The number of hydrogen-bond acceptors (Lipinski definition) is 8. The molecule has 27 heavy (non-hydrogen) atoms. The van der Waals surface area contributed by atoms with Crippen LogP contribution in [0.2, 0.25) is 0 Å². The van der Waals surface area contributed by atoms with Crippen LogP contribution in [0.15, 0.2) is 18.5 Å². The summed E-state index contributed by atoms with van der Waals surface area (Å²) >= 11 is 0. The van der Waals surface area contributed by atoms with E-state index in [2.05, 4.69) is 25.4 Å². The number of rotatable bonds is 7. The number of hydrogen-bond donors (Lipinski definition) is 1. The van der Waals surface area contributed by atoms with Crippen molar-refractivity contribution in [2.75, 3.05) is 36.5 Å². The molecule has 0 bridgehead atoms. The molecule has 0 radical (unpaired) electrons. The molecule has 0 unspecified atom stereocenters. The molecule has 2 aromatic heterocycles. The van der Waals surface area contributed by atoms with Crippen molar-refractivity contribution in [1.29, 1.82) is 0 Å². The number of nitrogens with zero attached hydrogens (tertiary/aromatic N) is 6. The Hall–Kier alpha value is -2.85. The van der Waals surface area contributed by atoms with Gasteiger partial charge in [-0.25, -0.2) is 13.5 Å². The molecule has 3 heterocycles. The lowest BCUT2D eigenvalue weighted by Crippen LogP contribution is -2.40. The van der Waals surface area contributed by atoms with E-state index < -0.39 is 5.92 Å². The Morgan fingerprint density at radius 2 is 2.00 bits per heavy atom. The predicted molar refractivity (Wildman–Crippen MR) is 93.1 cm³/mol. The van der Waals surface area contributed by atoms with Gasteiger partial charge in [0.15, 0.2) is 0 Å². The Balaban J connectivity index is 1.76. The maximum Gasteiger partial charge on any atom is 0.307 e. The average molecular weight is 381 g/mol. The van der Waals surface area contributed by atoms with E-state index >= 15 is 0 Å². The summed E-state index contributed by atoms with van der Waals surface area (Å²) in [6.07, 6.45) is 2.91. The van der Waals surface area contributed by atoms with E-state index in [4.69, 9.17) is 4.74 Å². The minimum absolute atomic E-state index is 0.151. The maximum atomic E-state index is 13.4. The summed E-state index contributed by atoms with van der Waals surface area (Å²) < 4.78 is 33.2. The zero-order valence-electron chi connectivity index (χ0n) is 14.9. The molecule has 0 atom stereocenters. The Bertz CT molecular complexity index is 760. The lowest BCUT2D eigenvalue weighted by Gasteiger charge is -2.31. The van der Waals surface area contributed by atoms with Crippen LogP contribution in [0, 0.1) is 0 Å². The molecule has 1 aliphatic rings. The zero-order chi connectivity index (χ0) is 19.3. The van der Waals surface area contributed by atoms with Crippen LogP contribution in [-0.2, 0) is 9.53 Å². The summed E-state index contributed by atoms with van der Waals surface area (Å²) in [6.45, 7) is 2.63. The average Bonchev–Trinajstić information content (AvgIpc) is 3.16. The summed E-state index contributed by atoms with van der Waals surface area (Å²) in [5.74, 6) is -2.18. The lowest BCUT2D eigenvalue weighted by molar-refractivity contribution is -0.142. The molecule has 9 nitrogen and oxygen atoms in total. The first kappa shape index (κ1) is 18.9. The Morgan fingerprint density at radius 3 is 2.67 bits per heavy atom. The Kier molecular flexibility index (Phi) is 5.77. The van der Waals surface area contributed by atoms with Gasteiger partial charge in [-0.1, -0.05) is 0 Å². The number of aromatic nitrogens is 5. The van der Waals surface area contributed by atoms with Crippen LogP contribution in [0.5, 0.6) is 0 Å². The van der Waals surface area contributed by atoms with Crippen molar-refractivity contribution in [3.05, 3.63) is 18.5 Å². The molecule has 0 aliphatic carbocycles. The van der Waals surface area contributed by atoms with Gasteiger partial charge < -0.3 is 15.0 Å². The number of piperidine rings is 1. The standard InChI is InChI=1S/C16H21F2N7O2/c1-2-27-12(26)4-8-19-13-21-14(24-10-5-16(17,18)6-11-24)23-15(22-13)25-9-3-7-20-25/h3,7,9H,2,4-6,8,10-11H2,1H3,(H,19,21,22,23). The molecule has 1 aliphatic heterocycles. The molecule has 0 aromatic carbocycles. The van der Waals surface area contributed by atoms with Gasteiger partial charge in [0.1, 0.15) is 0 Å². The number of anilines is 2. The number of carbonyl (C=O) groups excluding carboxylic acids is 1. The second-order valence-corrected chi connectivity index (χ2v) is 6.03. The highest BCUT2D eigenvalue weighted by Gasteiger charge is 2.35. The van der Waals surface area contributed by atoms with Gasteiger partial charge >= 0.3 is 5.97 Å². The maximum absolute atomic E-state index is 13.4. The molecule has 1 fully saturated rings. The quantitative estimate of drug-likeness (QED) is 0.723. The van der Waals surface area contributed by atoms with Crippen LogP contribution in [-0.4, -0.2) is 62.9 Å². The van der Waals surface area contributed by atoms with Gasteiger partial charge in [0, 0.05) is 44.9 Å². The Morgan fingerprint density at radius 1 is 1.26 bits per heavy atom. The monoisotopic (exact) mass is 381 g/mol. The van der Waals surface area contributed by atoms with E-state index in [9.17, 15) is 13.6 Å². The van der Waals surface area contributed by atoms with Gasteiger partial charge in [-0.15, -0.1) is 0 Å². The lowest BCUT2D eigenvalue weighted by atomic mass is 10.1. The zero-order valence-corrected chi connectivity index (χ0v) is 14.9. The van der Waals surface area contributed by atoms with Crippen LogP contribution < -0.4 is 10.2 Å². The van der Waals surface area contributed by atoms with Crippen LogP contribution >= 0.6 is 0 Å². The fourth-order valence-electron chi connectivity index (χ4n) is 2.61. The summed E-state index contributed by atoms with van der Waals surface area (Å²) in [4.78, 5) is 26.1. The third kappa shape index (κ3) is 5.08. The largest absolute Gasteiger partial charge is 0.466 e. The molecule has 146 valence electrons. The van der Waals surface area contributed by atoms with E-state index in [0.29, 0.717) is 12.6 Å². The first-order valence-corrected chi connectivity index (χ1v) is 8.75. The summed E-state index contributed by atoms with van der Waals surface area (Å²) in [6, 6.07) is 1.72. The fraction of sp³-hybridized carbons (Fsp3) is 0.562. The molecule has 2 aromatic rings. The minimum atomic E-state index is -2.66. The SMILES string of the molecule is CCOC(=O)CCNc1nc(N2CCC(F)(F)CC2)nc(-n2cccn2)n1. The van der Waals surface area contributed by atoms with Crippen molar-refractivity contribution in [3.63, 3.8) is 0 Å². The highest BCUT2D eigenvalue weighted by molar-refractivity contribution is 5.69. The highest BCUT2D eigenvalue weighted by Crippen LogP contribution is 2.29. The van der Waals surface area contributed by atoms with Crippen molar-refractivity contribution in [2.45, 2.75) is 32.1 Å². The molecule has 3 rings (SSSR count). The van der Waals surface area contributed by atoms with E-state index in [-0.39, 0.29) is 56.8 Å². The van der Waals surface area contributed by atoms with Crippen molar-refractivity contribution in [3.8, 4) is 5.95 Å². The van der Waals surface area contributed by atoms with Gasteiger partial charge in [-0.2, -0.15) is 20.1 Å². The van der Waals surface area contributed by atoms with E-state index in [1.165, 1.54) is 4.68 Å². The van der Waals surface area contributed by atoms with Gasteiger partial charge in [0.2, 0.25) is 11.9 Å². The second-order valence-electron chi connectivity index (χ2n) is 6.03. The number of ether oxygens (including phenoxy) is 1. The first-order valence-electron chi connectivity index (χ1n) is 8.75. The van der Waals surface area contributed by atoms with Crippen molar-refractivity contribution in [1.82, 2.24) is 24.7 Å². The van der Waals surface area contributed by atoms with Crippen LogP contribution in [0.4, 0.5) is 20.7 Å². The fourth-order valence-corrected chi connectivity index (χ4v) is 2.61. The number of alkyl halides is 2. The van der Waals surface area contributed by atoms with Gasteiger partial charge in [-0.3, -0.25) is 4.79 Å². The second kappa shape index (κ2) is 8.23. The van der Waals surface area contributed by atoms with Gasteiger partial charge in [-0.05, 0) is 13.0 Å². The number of carbonyl (C=O) groups is 1. The van der Waals surface area contributed by atoms with Crippen LogP contribution in [0.25, 0.3) is 5.95 Å². The van der Waals surface area contributed by atoms with E-state index in [1.807, 2.05) is 0 Å². The smallest absolute Gasteiger partial charge is 0.307 e. The molecular formula is C16H21F2N7O2. The molecule has 0 saturated carbocycles. The van der Waals surface area contributed by atoms with Crippen molar-refractivity contribution in [2.24, 2.45) is 0 Å². The third-order valence-corrected chi connectivity index (χ3v) is 4.02. The van der Waals surface area contributed by atoms with E-state index in [1.54, 1.807) is 30.3 Å². The first-order chi connectivity index (χ1) is 13.0.